The minimum atomic E-state index is -0.0625. The Morgan fingerprint density at radius 3 is 3.27 bits per heavy atom. The molecule has 2 saturated heterocycles. The summed E-state index contributed by atoms with van der Waals surface area (Å²) in [5.74, 6) is 0.930. The molecule has 7 heteroatoms. The third-order valence-electron chi connectivity index (χ3n) is 4.61. The van der Waals surface area contributed by atoms with Crippen LogP contribution < -0.4 is 15.0 Å². The first-order chi connectivity index (χ1) is 10.8. The first-order valence-electron chi connectivity index (χ1n) is 7.54. The number of hydrogen-bond acceptors (Lipinski definition) is 5. The van der Waals surface area contributed by atoms with Crippen molar-refractivity contribution in [3.05, 3.63) is 17.7 Å². The fourth-order valence-corrected chi connectivity index (χ4v) is 4.59. The molecule has 4 heterocycles. The molecule has 1 aromatic carbocycles. The van der Waals surface area contributed by atoms with E-state index in [4.69, 9.17) is 14.5 Å². The maximum Gasteiger partial charge on any atom is 0.324 e. The molecule has 1 N–H and O–H groups in total. The van der Waals surface area contributed by atoms with Gasteiger partial charge in [0, 0.05) is 18.6 Å². The van der Waals surface area contributed by atoms with E-state index in [0.717, 1.165) is 33.9 Å². The smallest absolute Gasteiger partial charge is 0.324 e. The topological polar surface area (TPSA) is 63.7 Å². The molecular weight excluding hydrogens is 302 g/mol. The second kappa shape index (κ2) is 4.57. The Hall–Kier alpha value is -1.86. The van der Waals surface area contributed by atoms with Gasteiger partial charge in [-0.25, -0.2) is 9.78 Å². The number of urea groups is 1. The van der Waals surface area contributed by atoms with E-state index in [9.17, 15) is 4.79 Å². The van der Waals surface area contributed by atoms with Gasteiger partial charge in [0.25, 0.3) is 0 Å². The van der Waals surface area contributed by atoms with Crippen LogP contribution in [0.2, 0.25) is 0 Å². The molecule has 1 aromatic heterocycles. The molecule has 6 nitrogen and oxygen atoms in total. The number of thiazole rings is 1. The molecule has 0 spiro atoms. The quantitative estimate of drug-likeness (QED) is 0.873. The highest BCUT2D eigenvalue weighted by atomic mass is 32.1. The number of benzene rings is 1. The molecular formula is C15H15N3O3S. The van der Waals surface area contributed by atoms with E-state index in [1.165, 1.54) is 5.56 Å². The number of amides is 2. The van der Waals surface area contributed by atoms with Gasteiger partial charge in [-0.1, -0.05) is 11.3 Å². The van der Waals surface area contributed by atoms with Gasteiger partial charge in [-0.15, -0.1) is 0 Å². The molecule has 0 radical (unpaired) electrons. The second-order valence-corrected chi connectivity index (χ2v) is 6.85. The van der Waals surface area contributed by atoms with E-state index in [0.29, 0.717) is 19.8 Å². The van der Waals surface area contributed by atoms with E-state index in [1.807, 2.05) is 17.0 Å². The Bertz CT molecular complexity index is 775. The summed E-state index contributed by atoms with van der Waals surface area (Å²) in [6, 6.07) is 4.20. The molecule has 0 saturated carbocycles. The first-order valence-corrected chi connectivity index (χ1v) is 8.35. The third kappa shape index (κ3) is 1.69. The summed E-state index contributed by atoms with van der Waals surface area (Å²) >= 11 is 1.58. The standard InChI is InChI=1S/C15H15N3O3S/c19-14-16-9-7-20-5-4-10(9)18(14)15-17-13-8-3-6-21-11(8)1-2-12(13)22-15/h1-2,9-10H,3-7H2,(H,16,19). The van der Waals surface area contributed by atoms with Crippen molar-refractivity contribution in [1.29, 1.82) is 0 Å². The van der Waals surface area contributed by atoms with E-state index in [-0.39, 0.29) is 18.1 Å². The maximum atomic E-state index is 12.4. The van der Waals surface area contributed by atoms with Crippen LogP contribution in [0.4, 0.5) is 9.93 Å². The number of carbonyl (C=O) groups is 1. The molecule has 2 fully saturated rings. The zero-order chi connectivity index (χ0) is 14.7. The van der Waals surface area contributed by atoms with Gasteiger partial charge in [-0.3, -0.25) is 4.90 Å². The van der Waals surface area contributed by atoms with Gasteiger partial charge >= 0.3 is 6.03 Å². The SMILES string of the molecule is O=C1NC2COCCC2N1c1nc2c3c(ccc2s1)OCC3. The van der Waals surface area contributed by atoms with Gasteiger partial charge in [0.1, 0.15) is 5.75 Å². The van der Waals surface area contributed by atoms with Crippen LogP contribution in [0.1, 0.15) is 12.0 Å². The van der Waals surface area contributed by atoms with E-state index in [1.54, 1.807) is 11.3 Å². The van der Waals surface area contributed by atoms with Crippen molar-refractivity contribution in [2.75, 3.05) is 24.7 Å². The number of anilines is 1. The molecule has 114 valence electrons. The summed E-state index contributed by atoms with van der Waals surface area (Å²) in [6.45, 7) is 2.00. The highest BCUT2D eigenvalue weighted by Gasteiger charge is 2.43. The maximum absolute atomic E-state index is 12.4. The fourth-order valence-electron chi connectivity index (χ4n) is 3.54. The van der Waals surface area contributed by atoms with Crippen molar-refractivity contribution in [2.24, 2.45) is 0 Å². The Morgan fingerprint density at radius 1 is 1.36 bits per heavy atom. The van der Waals surface area contributed by atoms with Crippen LogP contribution in [-0.4, -0.2) is 42.9 Å². The van der Waals surface area contributed by atoms with E-state index in [2.05, 4.69) is 5.32 Å². The van der Waals surface area contributed by atoms with Gasteiger partial charge in [-0.2, -0.15) is 0 Å². The molecule has 2 aromatic rings. The third-order valence-corrected chi connectivity index (χ3v) is 5.63. The van der Waals surface area contributed by atoms with Gasteiger partial charge in [0.05, 0.1) is 35.5 Å². The summed E-state index contributed by atoms with van der Waals surface area (Å²) in [5.41, 5.74) is 2.15. The number of nitrogens with zero attached hydrogens (tertiary/aromatic N) is 2. The van der Waals surface area contributed by atoms with Crippen LogP contribution in [0.5, 0.6) is 5.75 Å². The fraction of sp³-hybridized carbons (Fsp3) is 0.467. The number of aromatic nitrogens is 1. The van der Waals surface area contributed by atoms with E-state index >= 15 is 0 Å². The summed E-state index contributed by atoms with van der Waals surface area (Å²) in [5, 5.41) is 3.78. The zero-order valence-corrected chi connectivity index (χ0v) is 12.7. The molecule has 0 bridgehead atoms. The molecule has 5 rings (SSSR count). The van der Waals surface area contributed by atoms with Crippen LogP contribution in [0.15, 0.2) is 12.1 Å². The minimum Gasteiger partial charge on any atom is -0.493 e. The Balaban J connectivity index is 1.60. The molecule has 2 amide bonds. The monoisotopic (exact) mass is 317 g/mol. The molecule has 2 unspecified atom stereocenters. The minimum absolute atomic E-state index is 0.0625. The first kappa shape index (κ1) is 12.7. The predicted molar refractivity (Wildman–Crippen MR) is 82.8 cm³/mol. The van der Waals surface area contributed by atoms with Crippen LogP contribution in [0, 0.1) is 0 Å². The van der Waals surface area contributed by atoms with Crippen molar-refractivity contribution >= 4 is 32.7 Å². The van der Waals surface area contributed by atoms with Crippen LogP contribution in [0.3, 0.4) is 0 Å². The molecule has 3 aliphatic heterocycles. The number of nitrogens with one attached hydrogen (secondary N) is 1. The molecule has 3 aliphatic rings. The lowest BCUT2D eigenvalue weighted by Gasteiger charge is -2.28. The second-order valence-electron chi connectivity index (χ2n) is 5.84. The van der Waals surface area contributed by atoms with E-state index < -0.39 is 0 Å². The van der Waals surface area contributed by atoms with Crippen LogP contribution in [0.25, 0.3) is 10.2 Å². The summed E-state index contributed by atoms with van der Waals surface area (Å²) in [4.78, 5) is 18.9. The van der Waals surface area contributed by atoms with Crippen molar-refractivity contribution in [3.63, 3.8) is 0 Å². The lowest BCUT2D eigenvalue weighted by molar-refractivity contribution is 0.0717. The average Bonchev–Trinajstić information content (AvgIpc) is 3.20. The van der Waals surface area contributed by atoms with Crippen molar-refractivity contribution in [2.45, 2.75) is 24.9 Å². The number of rotatable bonds is 1. The zero-order valence-electron chi connectivity index (χ0n) is 11.9. The van der Waals surface area contributed by atoms with Gasteiger partial charge in [0.15, 0.2) is 5.13 Å². The summed E-state index contributed by atoms with van der Waals surface area (Å²) in [6.07, 6.45) is 1.74. The van der Waals surface area contributed by atoms with Gasteiger partial charge in [0.2, 0.25) is 0 Å². The normalized spacial score (nSPS) is 26.7. The van der Waals surface area contributed by atoms with Gasteiger partial charge < -0.3 is 14.8 Å². The lowest BCUT2D eigenvalue weighted by atomic mass is 10.1. The number of fused-ring (bicyclic) bond motifs is 4. The molecule has 0 aliphatic carbocycles. The Kier molecular flexibility index (Phi) is 2.63. The number of hydrogen-bond donors (Lipinski definition) is 1. The lowest BCUT2D eigenvalue weighted by Crippen LogP contribution is -2.43. The van der Waals surface area contributed by atoms with Gasteiger partial charge in [-0.05, 0) is 18.6 Å². The average molecular weight is 317 g/mol. The van der Waals surface area contributed by atoms with Crippen molar-refractivity contribution in [1.82, 2.24) is 10.3 Å². The van der Waals surface area contributed by atoms with Crippen molar-refractivity contribution < 1.29 is 14.3 Å². The number of ether oxygens (including phenoxy) is 2. The molecule has 22 heavy (non-hydrogen) atoms. The highest BCUT2D eigenvalue weighted by molar-refractivity contribution is 7.22. The summed E-state index contributed by atoms with van der Waals surface area (Å²) in [7, 11) is 0. The Morgan fingerprint density at radius 2 is 2.32 bits per heavy atom. The molecule has 2 atom stereocenters. The van der Waals surface area contributed by atoms with Crippen LogP contribution >= 0.6 is 11.3 Å². The Labute approximate surface area is 131 Å². The van der Waals surface area contributed by atoms with Crippen molar-refractivity contribution in [3.8, 4) is 5.75 Å². The number of carbonyl (C=O) groups excluding carboxylic acids is 1. The van der Waals surface area contributed by atoms with Crippen LogP contribution in [-0.2, 0) is 11.2 Å². The summed E-state index contributed by atoms with van der Waals surface area (Å²) < 4.78 is 12.2. The largest absolute Gasteiger partial charge is 0.493 e. The highest BCUT2D eigenvalue weighted by Crippen LogP contribution is 2.39. The predicted octanol–water partition coefficient (Wildman–Crippen LogP) is 1.92.